The molecule has 0 aromatic carbocycles. The molecule has 1 saturated heterocycles. The summed E-state index contributed by atoms with van der Waals surface area (Å²) in [5.74, 6) is 0.0701. The first-order valence-electron chi connectivity index (χ1n) is 7.61. The Morgan fingerprint density at radius 1 is 1.33 bits per heavy atom. The van der Waals surface area contributed by atoms with Crippen molar-refractivity contribution in [1.29, 1.82) is 0 Å². The molecule has 1 amide bonds. The zero-order chi connectivity index (χ0) is 14.2. The molecule has 108 valence electrons. The van der Waals surface area contributed by atoms with Crippen molar-refractivity contribution in [3.8, 4) is 0 Å². The molecule has 21 heavy (non-hydrogen) atoms. The molecule has 2 aliphatic rings. The van der Waals surface area contributed by atoms with Crippen LogP contribution < -0.4 is 0 Å². The number of carbonyl (C=O) groups is 1. The zero-order valence-corrected chi connectivity index (χ0v) is 11.9. The van der Waals surface area contributed by atoms with E-state index in [1.165, 1.54) is 0 Å². The summed E-state index contributed by atoms with van der Waals surface area (Å²) < 4.78 is 0. The third-order valence-corrected chi connectivity index (χ3v) is 4.59. The van der Waals surface area contributed by atoms with Crippen molar-refractivity contribution in [1.82, 2.24) is 20.1 Å². The van der Waals surface area contributed by atoms with Gasteiger partial charge in [0, 0.05) is 30.2 Å². The molecule has 5 nitrogen and oxygen atoms in total. The maximum atomic E-state index is 12.9. The number of rotatable bonds is 2. The number of aromatic amines is 1. The number of H-pyrrole nitrogens is 1. The minimum atomic E-state index is 0.0701. The number of likely N-dealkylation sites (tertiary alicyclic amines) is 1. The molecule has 1 atom stereocenters. The van der Waals surface area contributed by atoms with Gasteiger partial charge in [-0.15, -0.1) is 0 Å². The van der Waals surface area contributed by atoms with Crippen LogP contribution in [0.4, 0.5) is 0 Å². The average Bonchev–Trinajstić information content (AvgIpc) is 3.23. The van der Waals surface area contributed by atoms with E-state index in [2.05, 4.69) is 21.2 Å². The Balaban J connectivity index is 1.64. The van der Waals surface area contributed by atoms with Gasteiger partial charge in [0.1, 0.15) is 0 Å². The number of amides is 1. The molecule has 0 saturated carbocycles. The predicted octanol–water partition coefficient (Wildman–Crippen LogP) is 2.27. The highest BCUT2D eigenvalue weighted by Gasteiger charge is 2.34. The van der Waals surface area contributed by atoms with Gasteiger partial charge in [0.05, 0.1) is 6.04 Å². The summed E-state index contributed by atoms with van der Waals surface area (Å²) in [6, 6.07) is 4.13. The van der Waals surface area contributed by atoms with Gasteiger partial charge in [-0.1, -0.05) is 6.07 Å². The summed E-state index contributed by atoms with van der Waals surface area (Å²) in [6.07, 6.45) is 8.79. The van der Waals surface area contributed by atoms with Crippen LogP contribution in [-0.4, -0.2) is 32.5 Å². The Morgan fingerprint density at radius 2 is 2.29 bits per heavy atom. The van der Waals surface area contributed by atoms with Gasteiger partial charge in [0.15, 0.2) is 5.69 Å². The third kappa shape index (κ3) is 2.04. The fraction of sp³-hybridized carbons (Fsp3) is 0.438. The van der Waals surface area contributed by atoms with Crippen LogP contribution in [0.25, 0.3) is 0 Å². The number of hydrogen-bond acceptors (Lipinski definition) is 3. The highest BCUT2D eigenvalue weighted by molar-refractivity contribution is 5.94. The number of pyridine rings is 1. The van der Waals surface area contributed by atoms with E-state index < -0.39 is 0 Å². The van der Waals surface area contributed by atoms with Crippen molar-refractivity contribution in [2.24, 2.45) is 0 Å². The maximum absolute atomic E-state index is 12.9. The summed E-state index contributed by atoms with van der Waals surface area (Å²) in [5.41, 5.74) is 4.04. The van der Waals surface area contributed by atoms with Crippen LogP contribution in [0.3, 0.4) is 0 Å². The van der Waals surface area contributed by atoms with Crippen LogP contribution in [0.2, 0.25) is 0 Å². The largest absolute Gasteiger partial charge is 0.330 e. The highest BCUT2D eigenvalue weighted by Crippen LogP contribution is 2.34. The number of nitrogens with zero attached hydrogens (tertiary/aromatic N) is 3. The van der Waals surface area contributed by atoms with Gasteiger partial charge >= 0.3 is 0 Å². The third-order valence-electron chi connectivity index (χ3n) is 4.59. The number of nitrogens with one attached hydrogen (secondary N) is 1. The van der Waals surface area contributed by atoms with E-state index in [4.69, 9.17) is 0 Å². The van der Waals surface area contributed by atoms with E-state index in [-0.39, 0.29) is 11.9 Å². The van der Waals surface area contributed by atoms with Crippen molar-refractivity contribution in [2.75, 3.05) is 6.54 Å². The van der Waals surface area contributed by atoms with Crippen molar-refractivity contribution >= 4 is 5.91 Å². The van der Waals surface area contributed by atoms with Crippen molar-refractivity contribution in [2.45, 2.75) is 38.1 Å². The van der Waals surface area contributed by atoms with Gasteiger partial charge in [-0.05, 0) is 43.7 Å². The number of fused-ring (bicyclic) bond motifs is 1. The van der Waals surface area contributed by atoms with Crippen LogP contribution in [0.1, 0.15) is 52.6 Å². The number of aromatic nitrogens is 3. The molecular formula is C16H18N4O. The van der Waals surface area contributed by atoms with Crippen molar-refractivity contribution < 1.29 is 4.79 Å². The fourth-order valence-electron chi connectivity index (χ4n) is 3.56. The Bertz CT molecular complexity index is 664. The lowest BCUT2D eigenvalue weighted by Gasteiger charge is -2.24. The lowest BCUT2D eigenvalue weighted by Crippen LogP contribution is -2.31. The highest BCUT2D eigenvalue weighted by atomic mass is 16.2. The summed E-state index contributed by atoms with van der Waals surface area (Å²) in [4.78, 5) is 19.0. The normalized spacial score (nSPS) is 20.8. The SMILES string of the molecule is O=C(c1n[nH]c2c1CCC2)N1CCC[C@H]1c1cccnc1. The van der Waals surface area contributed by atoms with E-state index in [0.29, 0.717) is 5.69 Å². The van der Waals surface area contributed by atoms with Gasteiger partial charge in [-0.25, -0.2) is 0 Å². The van der Waals surface area contributed by atoms with E-state index in [1.807, 2.05) is 17.2 Å². The van der Waals surface area contributed by atoms with Gasteiger partial charge in [-0.3, -0.25) is 14.9 Å². The Morgan fingerprint density at radius 3 is 3.14 bits per heavy atom. The van der Waals surface area contributed by atoms with Crippen LogP contribution in [0.5, 0.6) is 0 Å². The number of hydrogen-bond donors (Lipinski definition) is 1. The molecule has 1 fully saturated rings. The molecule has 0 spiro atoms. The summed E-state index contributed by atoms with van der Waals surface area (Å²) in [6.45, 7) is 0.806. The summed E-state index contributed by atoms with van der Waals surface area (Å²) in [5, 5.41) is 7.31. The topological polar surface area (TPSA) is 61.9 Å². The van der Waals surface area contributed by atoms with Gasteiger partial charge in [0.2, 0.25) is 0 Å². The quantitative estimate of drug-likeness (QED) is 0.919. The van der Waals surface area contributed by atoms with Crippen LogP contribution in [0.15, 0.2) is 24.5 Å². The van der Waals surface area contributed by atoms with Gasteiger partial charge in [-0.2, -0.15) is 5.10 Å². The zero-order valence-electron chi connectivity index (χ0n) is 11.9. The Hall–Kier alpha value is -2.17. The molecule has 1 N–H and O–H groups in total. The average molecular weight is 282 g/mol. The Labute approximate surface area is 123 Å². The molecular weight excluding hydrogens is 264 g/mol. The summed E-state index contributed by atoms with van der Waals surface area (Å²) >= 11 is 0. The first-order valence-corrected chi connectivity index (χ1v) is 7.61. The summed E-state index contributed by atoms with van der Waals surface area (Å²) in [7, 11) is 0. The fourth-order valence-corrected chi connectivity index (χ4v) is 3.56. The van der Waals surface area contributed by atoms with E-state index in [9.17, 15) is 4.79 Å². The smallest absolute Gasteiger partial charge is 0.275 e. The Kier molecular flexibility index (Phi) is 2.98. The molecule has 4 rings (SSSR count). The molecule has 5 heteroatoms. The molecule has 3 heterocycles. The molecule has 0 unspecified atom stereocenters. The van der Waals surface area contributed by atoms with Crippen molar-refractivity contribution in [3.63, 3.8) is 0 Å². The van der Waals surface area contributed by atoms with Gasteiger partial charge in [0.25, 0.3) is 5.91 Å². The minimum Gasteiger partial charge on any atom is -0.330 e. The second-order valence-corrected chi connectivity index (χ2v) is 5.83. The molecule has 0 radical (unpaired) electrons. The minimum absolute atomic E-state index is 0.0701. The van der Waals surface area contributed by atoms with E-state index in [1.54, 1.807) is 6.20 Å². The van der Waals surface area contributed by atoms with Crippen LogP contribution in [-0.2, 0) is 12.8 Å². The van der Waals surface area contributed by atoms with Crippen molar-refractivity contribution in [3.05, 3.63) is 47.0 Å². The number of aryl methyl sites for hydroxylation is 1. The predicted molar refractivity (Wildman–Crippen MR) is 77.9 cm³/mol. The molecule has 1 aliphatic heterocycles. The monoisotopic (exact) mass is 282 g/mol. The van der Waals surface area contributed by atoms with E-state index >= 15 is 0 Å². The lowest BCUT2D eigenvalue weighted by molar-refractivity contribution is 0.0728. The second kappa shape index (κ2) is 4.98. The standard InChI is InChI=1S/C16H18N4O/c21-16(15-12-5-1-6-13(12)18-19-15)20-9-3-7-14(20)11-4-2-8-17-10-11/h2,4,8,10,14H,1,3,5-7,9H2,(H,18,19)/t14-/m0/s1. The number of carbonyl (C=O) groups excluding carboxylic acids is 1. The van der Waals surface area contributed by atoms with Crippen LogP contribution in [0, 0.1) is 0 Å². The van der Waals surface area contributed by atoms with Gasteiger partial charge < -0.3 is 4.90 Å². The first-order chi connectivity index (χ1) is 10.3. The first kappa shape index (κ1) is 12.6. The molecule has 0 bridgehead atoms. The molecule has 1 aliphatic carbocycles. The van der Waals surface area contributed by atoms with E-state index in [0.717, 1.165) is 55.5 Å². The molecule has 2 aromatic heterocycles. The second-order valence-electron chi connectivity index (χ2n) is 5.83. The van der Waals surface area contributed by atoms with Crippen LogP contribution >= 0.6 is 0 Å². The maximum Gasteiger partial charge on any atom is 0.275 e. The molecule has 2 aromatic rings. The lowest BCUT2D eigenvalue weighted by atomic mass is 10.1.